The third kappa shape index (κ3) is 2.20. The molecule has 1 aliphatic rings. The van der Waals surface area contributed by atoms with E-state index >= 15 is 0 Å². The third-order valence-electron chi connectivity index (χ3n) is 3.06. The van der Waals surface area contributed by atoms with Crippen LogP contribution in [0.5, 0.6) is 0 Å². The summed E-state index contributed by atoms with van der Waals surface area (Å²) in [6.07, 6.45) is 2.27. The maximum Gasteiger partial charge on any atom is 0.337 e. The Kier molecular flexibility index (Phi) is 3.94. The number of halogens is 1. The largest absolute Gasteiger partial charge is 0.465 e. The summed E-state index contributed by atoms with van der Waals surface area (Å²) in [7, 11) is 3.36. The van der Waals surface area contributed by atoms with Gasteiger partial charge in [0.1, 0.15) is 0 Å². The molecule has 1 aromatic rings. The molecule has 0 bridgehead atoms. The highest BCUT2D eigenvalue weighted by Gasteiger charge is 2.42. The van der Waals surface area contributed by atoms with Crippen LogP contribution >= 0.6 is 12.4 Å². The Balaban J connectivity index is 0.00000128. The Morgan fingerprint density at radius 3 is 2.62 bits per heavy atom. The zero-order valence-electron chi connectivity index (χ0n) is 9.45. The fraction of sp³-hybridized carbons (Fsp3) is 0.417. The van der Waals surface area contributed by atoms with Gasteiger partial charge in [-0.2, -0.15) is 0 Å². The predicted molar refractivity (Wildman–Crippen MR) is 65.0 cm³/mol. The van der Waals surface area contributed by atoms with Crippen LogP contribution in [0.3, 0.4) is 0 Å². The van der Waals surface area contributed by atoms with E-state index in [0.29, 0.717) is 5.56 Å². The summed E-state index contributed by atoms with van der Waals surface area (Å²) in [6, 6.07) is 7.64. The average Bonchev–Trinajstić information content (AvgIpc) is 3.09. The highest BCUT2D eigenvalue weighted by atomic mass is 35.5. The summed E-state index contributed by atoms with van der Waals surface area (Å²) in [5.74, 6) is -0.274. The van der Waals surface area contributed by atoms with Gasteiger partial charge in [-0.15, -0.1) is 12.4 Å². The van der Waals surface area contributed by atoms with E-state index in [4.69, 9.17) is 4.74 Å². The molecule has 3 nitrogen and oxygen atoms in total. The van der Waals surface area contributed by atoms with E-state index in [2.05, 4.69) is 11.4 Å². The smallest absolute Gasteiger partial charge is 0.337 e. The average molecular weight is 242 g/mol. The van der Waals surface area contributed by atoms with Gasteiger partial charge in [0.15, 0.2) is 0 Å². The molecule has 0 spiro atoms. The van der Waals surface area contributed by atoms with Gasteiger partial charge in [0.05, 0.1) is 12.7 Å². The van der Waals surface area contributed by atoms with E-state index in [0.717, 1.165) is 12.8 Å². The van der Waals surface area contributed by atoms with Gasteiger partial charge >= 0.3 is 5.97 Å². The van der Waals surface area contributed by atoms with Crippen LogP contribution in [-0.4, -0.2) is 20.1 Å². The van der Waals surface area contributed by atoms with Gasteiger partial charge < -0.3 is 10.1 Å². The molecular weight excluding hydrogens is 226 g/mol. The Labute approximate surface area is 102 Å². The van der Waals surface area contributed by atoms with E-state index in [9.17, 15) is 4.79 Å². The molecule has 1 saturated carbocycles. The predicted octanol–water partition coefficient (Wildman–Crippen LogP) is 2.10. The van der Waals surface area contributed by atoms with Crippen LogP contribution in [-0.2, 0) is 10.3 Å². The van der Waals surface area contributed by atoms with Crippen molar-refractivity contribution in [3.05, 3.63) is 35.4 Å². The summed E-state index contributed by atoms with van der Waals surface area (Å²) in [4.78, 5) is 11.4. The molecule has 0 unspecified atom stereocenters. The van der Waals surface area contributed by atoms with Crippen molar-refractivity contribution in [3.63, 3.8) is 0 Å². The van der Waals surface area contributed by atoms with Crippen molar-refractivity contribution in [2.45, 2.75) is 18.4 Å². The van der Waals surface area contributed by atoms with Crippen molar-refractivity contribution in [1.29, 1.82) is 0 Å². The standard InChI is InChI=1S/C12H15NO2.ClH/c1-13-12(6-7-12)10-5-3-4-9(8-10)11(14)15-2;/h3-5,8,13H,6-7H2,1-2H3;1H. The van der Waals surface area contributed by atoms with Gasteiger partial charge in [-0.3, -0.25) is 0 Å². The van der Waals surface area contributed by atoms with Crippen LogP contribution in [0.1, 0.15) is 28.8 Å². The highest BCUT2D eigenvalue weighted by Crippen LogP contribution is 2.45. The van der Waals surface area contributed by atoms with Gasteiger partial charge in [-0.25, -0.2) is 4.79 Å². The third-order valence-corrected chi connectivity index (χ3v) is 3.06. The molecule has 0 aliphatic heterocycles. The van der Waals surface area contributed by atoms with Crippen molar-refractivity contribution in [3.8, 4) is 0 Å². The van der Waals surface area contributed by atoms with E-state index < -0.39 is 0 Å². The minimum absolute atomic E-state index is 0. The zero-order chi connectivity index (χ0) is 10.9. The maximum atomic E-state index is 11.4. The first kappa shape index (κ1) is 13.0. The number of ether oxygens (including phenoxy) is 1. The summed E-state index contributed by atoms with van der Waals surface area (Å²) in [5, 5.41) is 3.30. The first-order chi connectivity index (χ1) is 7.22. The molecule has 0 saturated heterocycles. The van der Waals surface area contributed by atoms with Crippen LogP contribution in [0.25, 0.3) is 0 Å². The Bertz CT molecular complexity index is 388. The summed E-state index contributed by atoms with van der Waals surface area (Å²) >= 11 is 0. The first-order valence-electron chi connectivity index (χ1n) is 5.09. The zero-order valence-corrected chi connectivity index (χ0v) is 10.3. The second-order valence-corrected chi connectivity index (χ2v) is 3.90. The molecule has 0 atom stereocenters. The molecule has 0 radical (unpaired) electrons. The maximum absolute atomic E-state index is 11.4. The lowest BCUT2D eigenvalue weighted by Crippen LogP contribution is -2.24. The van der Waals surface area contributed by atoms with Gasteiger partial charge in [0.2, 0.25) is 0 Å². The molecule has 0 heterocycles. The molecule has 4 heteroatoms. The van der Waals surface area contributed by atoms with E-state index in [1.165, 1.54) is 12.7 Å². The Hall–Kier alpha value is -1.06. The molecule has 2 rings (SSSR count). The van der Waals surface area contributed by atoms with Crippen molar-refractivity contribution in [1.82, 2.24) is 5.32 Å². The van der Waals surface area contributed by atoms with E-state index in [1.54, 1.807) is 6.07 Å². The lowest BCUT2D eigenvalue weighted by atomic mass is 10.0. The molecule has 1 aliphatic carbocycles. The van der Waals surface area contributed by atoms with Crippen molar-refractivity contribution in [2.75, 3.05) is 14.2 Å². The fourth-order valence-electron chi connectivity index (χ4n) is 1.87. The van der Waals surface area contributed by atoms with Crippen LogP contribution in [0.4, 0.5) is 0 Å². The van der Waals surface area contributed by atoms with E-state index in [-0.39, 0.29) is 23.9 Å². The van der Waals surface area contributed by atoms with Gasteiger partial charge in [-0.1, -0.05) is 12.1 Å². The second-order valence-electron chi connectivity index (χ2n) is 3.90. The molecule has 0 amide bonds. The SMILES string of the molecule is CNC1(c2cccc(C(=O)OC)c2)CC1.Cl. The molecular formula is C12H16ClNO2. The molecule has 0 aromatic heterocycles. The van der Waals surface area contributed by atoms with Crippen molar-refractivity contribution < 1.29 is 9.53 Å². The summed E-state index contributed by atoms with van der Waals surface area (Å²) < 4.78 is 4.70. The van der Waals surface area contributed by atoms with Crippen LogP contribution in [0, 0.1) is 0 Å². The van der Waals surface area contributed by atoms with Crippen molar-refractivity contribution >= 4 is 18.4 Å². The summed E-state index contributed by atoms with van der Waals surface area (Å²) in [5.41, 5.74) is 1.90. The lowest BCUT2D eigenvalue weighted by molar-refractivity contribution is 0.0600. The Morgan fingerprint density at radius 2 is 2.12 bits per heavy atom. The van der Waals surface area contributed by atoms with E-state index in [1.807, 2.05) is 19.2 Å². The number of methoxy groups -OCH3 is 1. The number of benzene rings is 1. The second kappa shape index (κ2) is 4.85. The Morgan fingerprint density at radius 1 is 1.44 bits per heavy atom. The first-order valence-corrected chi connectivity index (χ1v) is 5.09. The highest BCUT2D eigenvalue weighted by molar-refractivity contribution is 5.89. The van der Waals surface area contributed by atoms with Gasteiger partial charge in [-0.05, 0) is 37.6 Å². The fourth-order valence-corrected chi connectivity index (χ4v) is 1.87. The van der Waals surface area contributed by atoms with Crippen LogP contribution < -0.4 is 5.32 Å². The number of nitrogens with one attached hydrogen (secondary N) is 1. The molecule has 1 fully saturated rings. The summed E-state index contributed by atoms with van der Waals surface area (Å²) in [6.45, 7) is 0. The molecule has 16 heavy (non-hydrogen) atoms. The molecule has 1 N–H and O–H groups in total. The minimum Gasteiger partial charge on any atom is -0.465 e. The number of esters is 1. The van der Waals surface area contributed by atoms with Gasteiger partial charge in [0, 0.05) is 5.54 Å². The van der Waals surface area contributed by atoms with Crippen LogP contribution in [0.15, 0.2) is 24.3 Å². The molecule has 1 aromatic carbocycles. The quantitative estimate of drug-likeness (QED) is 0.824. The number of hydrogen-bond acceptors (Lipinski definition) is 3. The normalized spacial score (nSPS) is 16.1. The van der Waals surface area contributed by atoms with Gasteiger partial charge in [0.25, 0.3) is 0 Å². The monoisotopic (exact) mass is 241 g/mol. The molecule has 88 valence electrons. The van der Waals surface area contributed by atoms with Crippen molar-refractivity contribution in [2.24, 2.45) is 0 Å². The number of rotatable bonds is 3. The number of carbonyl (C=O) groups excluding carboxylic acids is 1. The minimum atomic E-state index is -0.274. The number of hydrogen-bond donors (Lipinski definition) is 1. The number of carbonyl (C=O) groups is 1. The van der Waals surface area contributed by atoms with Crippen LogP contribution in [0.2, 0.25) is 0 Å². The lowest BCUT2D eigenvalue weighted by Gasteiger charge is -2.15. The topological polar surface area (TPSA) is 38.3 Å².